The SMILES string of the molecule is Cc1nn(-c2ccccc2)c(C)c1NC(=O)C(C)N1CCC(N)C(C)(C)C1. The van der Waals surface area contributed by atoms with Gasteiger partial charge in [0, 0.05) is 19.1 Å². The highest BCUT2D eigenvalue weighted by Crippen LogP contribution is 2.29. The van der Waals surface area contributed by atoms with Crippen molar-refractivity contribution in [2.75, 3.05) is 18.4 Å². The van der Waals surface area contributed by atoms with Gasteiger partial charge in [0.1, 0.15) is 0 Å². The van der Waals surface area contributed by atoms with E-state index in [1.165, 1.54) is 0 Å². The maximum atomic E-state index is 12.9. The van der Waals surface area contributed by atoms with Crippen molar-refractivity contribution in [1.29, 1.82) is 0 Å². The molecular formula is C21H31N5O. The number of aromatic nitrogens is 2. The molecule has 1 aromatic carbocycles. The van der Waals surface area contributed by atoms with Gasteiger partial charge in [-0.15, -0.1) is 0 Å². The first-order valence-electron chi connectivity index (χ1n) is 9.63. The molecule has 2 atom stereocenters. The van der Waals surface area contributed by atoms with E-state index >= 15 is 0 Å². The number of nitrogens with zero attached hydrogens (tertiary/aromatic N) is 3. The molecule has 0 saturated carbocycles. The molecule has 146 valence electrons. The van der Waals surface area contributed by atoms with Gasteiger partial charge in [-0.05, 0) is 44.7 Å². The number of anilines is 1. The number of nitrogens with two attached hydrogens (primary N) is 1. The Hall–Kier alpha value is -2.18. The summed E-state index contributed by atoms with van der Waals surface area (Å²) in [5.74, 6) is 0.0000770. The van der Waals surface area contributed by atoms with Gasteiger partial charge in [0.25, 0.3) is 0 Å². The molecule has 3 N–H and O–H groups in total. The highest BCUT2D eigenvalue weighted by atomic mass is 16.2. The molecule has 1 amide bonds. The molecule has 2 heterocycles. The molecule has 0 aliphatic carbocycles. The summed E-state index contributed by atoms with van der Waals surface area (Å²) in [4.78, 5) is 15.2. The number of nitrogens with one attached hydrogen (secondary N) is 1. The lowest BCUT2D eigenvalue weighted by molar-refractivity contribution is -0.122. The van der Waals surface area contributed by atoms with Crippen LogP contribution in [-0.4, -0.2) is 45.8 Å². The normalized spacial score (nSPS) is 21.0. The van der Waals surface area contributed by atoms with Gasteiger partial charge in [-0.25, -0.2) is 4.68 Å². The predicted octanol–water partition coefficient (Wildman–Crippen LogP) is 2.88. The molecule has 3 rings (SSSR count). The lowest BCUT2D eigenvalue weighted by atomic mass is 9.79. The minimum absolute atomic E-state index is 0.0000770. The summed E-state index contributed by atoms with van der Waals surface area (Å²) in [5.41, 5.74) is 9.77. The van der Waals surface area contributed by atoms with Gasteiger partial charge in [-0.2, -0.15) is 5.10 Å². The molecule has 2 unspecified atom stereocenters. The van der Waals surface area contributed by atoms with Crippen molar-refractivity contribution >= 4 is 11.6 Å². The van der Waals surface area contributed by atoms with Gasteiger partial charge >= 0.3 is 0 Å². The van der Waals surface area contributed by atoms with Gasteiger partial charge < -0.3 is 11.1 Å². The van der Waals surface area contributed by atoms with Gasteiger partial charge in [0.2, 0.25) is 5.91 Å². The zero-order valence-electron chi connectivity index (χ0n) is 17.0. The Morgan fingerprint density at radius 3 is 2.59 bits per heavy atom. The summed E-state index contributed by atoms with van der Waals surface area (Å²) >= 11 is 0. The first-order valence-corrected chi connectivity index (χ1v) is 9.63. The maximum absolute atomic E-state index is 12.9. The van der Waals surface area contributed by atoms with Crippen molar-refractivity contribution in [3.8, 4) is 5.69 Å². The summed E-state index contributed by atoms with van der Waals surface area (Å²) in [6.45, 7) is 11.9. The topological polar surface area (TPSA) is 76.2 Å². The van der Waals surface area contributed by atoms with Crippen LogP contribution in [0.25, 0.3) is 5.69 Å². The van der Waals surface area contributed by atoms with Gasteiger partial charge in [-0.1, -0.05) is 32.0 Å². The van der Waals surface area contributed by atoms with E-state index in [1.807, 2.05) is 55.8 Å². The van der Waals surface area contributed by atoms with E-state index in [4.69, 9.17) is 5.73 Å². The highest BCUT2D eigenvalue weighted by molar-refractivity contribution is 5.95. The molecule has 0 spiro atoms. The van der Waals surface area contributed by atoms with Crippen LogP contribution in [0.5, 0.6) is 0 Å². The average Bonchev–Trinajstić information content (AvgIpc) is 2.92. The summed E-state index contributed by atoms with van der Waals surface area (Å²) in [6, 6.07) is 9.92. The van der Waals surface area contributed by atoms with Crippen molar-refractivity contribution in [3.05, 3.63) is 41.7 Å². The molecule has 1 saturated heterocycles. The number of para-hydroxylation sites is 1. The van der Waals surface area contributed by atoms with Crippen LogP contribution in [0.1, 0.15) is 38.6 Å². The molecule has 0 bridgehead atoms. The van der Waals surface area contributed by atoms with Crippen LogP contribution in [-0.2, 0) is 4.79 Å². The second kappa shape index (κ2) is 7.44. The van der Waals surface area contributed by atoms with E-state index in [2.05, 4.69) is 29.2 Å². The lowest BCUT2D eigenvalue weighted by Gasteiger charge is -2.44. The van der Waals surface area contributed by atoms with Crippen LogP contribution in [0.15, 0.2) is 30.3 Å². The molecule has 1 aliphatic rings. The fourth-order valence-corrected chi connectivity index (χ4v) is 3.78. The second-order valence-electron chi connectivity index (χ2n) is 8.31. The van der Waals surface area contributed by atoms with E-state index in [0.29, 0.717) is 0 Å². The third-order valence-corrected chi connectivity index (χ3v) is 5.81. The van der Waals surface area contributed by atoms with Crippen molar-refractivity contribution < 1.29 is 4.79 Å². The lowest BCUT2D eigenvalue weighted by Crippen LogP contribution is -2.56. The first-order chi connectivity index (χ1) is 12.7. The second-order valence-corrected chi connectivity index (χ2v) is 8.31. The van der Waals surface area contributed by atoms with Crippen LogP contribution in [0.3, 0.4) is 0 Å². The quantitative estimate of drug-likeness (QED) is 0.869. The van der Waals surface area contributed by atoms with Crippen LogP contribution >= 0.6 is 0 Å². The van der Waals surface area contributed by atoms with E-state index in [1.54, 1.807) is 0 Å². The number of hydrogen-bond acceptors (Lipinski definition) is 4. The summed E-state index contributed by atoms with van der Waals surface area (Å²) in [7, 11) is 0. The molecule has 2 aromatic rings. The van der Waals surface area contributed by atoms with E-state index < -0.39 is 0 Å². The summed E-state index contributed by atoms with van der Waals surface area (Å²) in [6.07, 6.45) is 0.911. The third-order valence-electron chi connectivity index (χ3n) is 5.81. The Balaban J connectivity index is 1.76. The molecule has 1 aromatic heterocycles. The first kappa shape index (κ1) is 19.6. The molecule has 6 nitrogen and oxygen atoms in total. The van der Waals surface area contributed by atoms with Crippen molar-refractivity contribution in [3.63, 3.8) is 0 Å². The Morgan fingerprint density at radius 2 is 1.96 bits per heavy atom. The summed E-state index contributed by atoms with van der Waals surface area (Å²) in [5, 5.41) is 7.72. The average molecular weight is 370 g/mol. The monoisotopic (exact) mass is 369 g/mol. The Morgan fingerprint density at radius 1 is 1.30 bits per heavy atom. The number of amides is 1. The van der Waals surface area contributed by atoms with Crippen LogP contribution in [0, 0.1) is 19.3 Å². The molecule has 1 aliphatic heterocycles. The van der Waals surface area contributed by atoms with Crippen molar-refractivity contribution in [2.45, 2.75) is 53.1 Å². The van der Waals surface area contributed by atoms with Crippen LogP contribution in [0.2, 0.25) is 0 Å². The number of likely N-dealkylation sites (tertiary alicyclic amines) is 1. The standard InChI is InChI=1S/C21H31N5O/c1-14-19(15(2)26(24-14)17-9-7-6-8-10-17)23-20(27)16(3)25-12-11-18(22)21(4,5)13-25/h6-10,16,18H,11-13,22H2,1-5H3,(H,23,27). The number of benzene rings is 1. The third kappa shape index (κ3) is 3.92. The van der Waals surface area contributed by atoms with Gasteiger partial charge in [0.15, 0.2) is 0 Å². The van der Waals surface area contributed by atoms with Crippen molar-refractivity contribution in [2.24, 2.45) is 11.1 Å². The van der Waals surface area contributed by atoms with Crippen LogP contribution in [0.4, 0.5) is 5.69 Å². The minimum atomic E-state index is -0.212. The number of carbonyl (C=O) groups is 1. The summed E-state index contributed by atoms with van der Waals surface area (Å²) < 4.78 is 1.87. The predicted molar refractivity (Wildman–Crippen MR) is 109 cm³/mol. The zero-order valence-corrected chi connectivity index (χ0v) is 17.0. The molecule has 0 radical (unpaired) electrons. The highest BCUT2D eigenvalue weighted by Gasteiger charge is 2.36. The zero-order chi connectivity index (χ0) is 19.8. The molecule has 6 heteroatoms. The maximum Gasteiger partial charge on any atom is 0.241 e. The Labute approximate surface area is 161 Å². The number of piperidine rings is 1. The Kier molecular flexibility index (Phi) is 5.40. The fourth-order valence-electron chi connectivity index (χ4n) is 3.78. The smallest absolute Gasteiger partial charge is 0.241 e. The molecule has 1 fully saturated rings. The number of aryl methyl sites for hydroxylation is 1. The van der Waals surface area contributed by atoms with E-state index in [9.17, 15) is 4.79 Å². The largest absolute Gasteiger partial charge is 0.327 e. The number of hydrogen-bond donors (Lipinski definition) is 2. The number of rotatable bonds is 4. The minimum Gasteiger partial charge on any atom is -0.327 e. The molecular weight excluding hydrogens is 338 g/mol. The van der Waals surface area contributed by atoms with E-state index in [-0.39, 0.29) is 23.4 Å². The number of carbonyl (C=O) groups excluding carboxylic acids is 1. The molecule has 27 heavy (non-hydrogen) atoms. The van der Waals surface area contributed by atoms with Gasteiger partial charge in [-0.3, -0.25) is 9.69 Å². The van der Waals surface area contributed by atoms with E-state index in [0.717, 1.165) is 42.3 Å². The Bertz CT molecular complexity index is 811. The fraction of sp³-hybridized carbons (Fsp3) is 0.524. The van der Waals surface area contributed by atoms with Crippen LogP contribution < -0.4 is 11.1 Å². The van der Waals surface area contributed by atoms with Gasteiger partial charge in [0.05, 0.1) is 28.8 Å². The van der Waals surface area contributed by atoms with Crippen molar-refractivity contribution in [1.82, 2.24) is 14.7 Å².